The van der Waals surface area contributed by atoms with Crippen LogP contribution in [0.4, 0.5) is 0 Å². The Hall–Kier alpha value is -0.0800. The quantitative estimate of drug-likeness (QED) is 0.544. The van der Waals surface area contributed by atoms with Crippen molar-refractivity contribution in [2.75, 3.05) is 13.2 Å². The highest BCUT2D eigenvalue weighted by Gasteiger charge is 2.16. The molecule has 2 heteroatoms. The van der Waals surface area contributed by atoms with Gasteiger partial charge in [-0.15, -0.1) is 0 Å². The zero-order valence-corrected chi connectivity index (χ0v) is 8.56. The van der Waals surface area contributed by atoms with Gasteiger partial charge in [0.1, 0.15) is 6.61 Å². The Balaban J connectivity index is 3.19. The Morgan fingerprint density at radius 3 is 2.33 bits per heavy atom. The van der Waals surface area contributed by atoms with Gasteiger partial charge in [-0.3, -0.25) is 0 Å². The lowest BCUT2D eigenvalue weighted by molar-refractivity contribution is -0.0722. The minimum absolute atomic E-state index is 0.152. The molecule has 0 amide bonds. The largest absolute Gasteiger partial charge is 0.373 e. The molecule has 1 radical (unpaired) electrons. The molecule has 0 aromatic rings. The summed E-state index contributed by atoms with van der Waals surface area (Å²) in [4.78, 5) is 0. The highest BCUT2D eigenvalue weighted by molar-refractivity contribution is 4.65. The Morgan fingerprint density at radius 2 is 1.83 bits per heavy atom. The van der Waals surface area contributed by atoms with E-state index in [9.17, 15) is 5.11 Å². The van der Waals surface area contributed by atoms with E-state index in [0.717, 1.165) is 13.0 Å². The normalized spacial score (nSPS) is 12.0. The fourth-order valence-electron chi connectivity index (χ4n) is 0.919. The first-order valence-corrected chi connectivity index (χ1v) is 4.84. The Morgan fingerprint density at radius 1 is 1.17 bits per heavy atom. The smallest absolute Gasteiger partial charge is 0.111 e. The molecule has 0 bridgehead atoms. The first kappa shape index (κ1) is 11.9. The van der Waals surface area contributed by atoms with E-state index in [0.29, 0.717) is 0 Å². The van der Waals surface area contributed by atoms with Gasteiger partial charge in [0, 0.05) is 6.61 Å². The third kappa shape index (κ3) is 6.62. The van der Waals surface area contributed by atoms with E-state index in [1.165, 1.54) is 19.3 Å². The zero-order chi connectivity index (χ0) is 9.45. The molecule has 0 aliphatic rings. The number of hydrogen-bond acceptors (Lipinski definition) is 1. The lowest BCUT2D eigenvalue weighted by Gasteiger charge is -2.21. The molecule has 0 fully saturated rings. The maximum atomic E-state index is 10.5. The van der Waals surface area contributed by atoms with Crippen LogP contribution in [-0.2, 0) is 9.84 Å². The van der Waals surface area contributed by atoms with Crippen LogP contribution in [0, 0.1) is 0 Å². The molecule has 73 valence electrons. The fourth-order valence-corrected chi connectivity index (χ4v) is 0.919. The van der Waals surface area contributed by atoms with E-state index in [1.54, 1.807) is 0 Å². The second-order valence-electron chi connectivity index (χ2n) is 3.81. The predicted octanol–water partition coefficient (Wildman–Crippen LogP) is 2.79. The van der Waals surface area contributed by atoms with E-state index >= 15 is 0 Å². The monoisotopic (exact) mass is 173 g/mol. The van der Waals surface area contributed by atoms with E-state index in [-0.39, 0.29) is 6.61 Å². The van der Waals surface area contributed by atoms with Crippen LogP contribution in [0.1, 0.15) is 46.5 Å². The lowest BCUT2D eigenvalue weighted by atomic mass is 10.1. The average Bonchev–Trinajstić information content (AvgIpc) is 2.04. The standard InChI is InChI=1S/C10H21O2/c1-4-5-6-7-8-12-10(2,3)9-11/h4-9H2,1-3H3. The van der Waals surface area contributed by atoms with Gasteiger partial charge in [-0.05, 0) is 20.3 Å². The summed E-state index contributed by atoms with van der Waals surface area (Å²) in [5, 5.41) is 10.5. The Kier molecular flexibility index (Phi) is 6.39. The summed E-state index contributed by atoms with van der Waals surface area (Å²) < 4.78 is 5.41. The third-order valence-corrected chi connectivity index (χ3v) is 1.84. The van der Waals surface area contributed by atoms with Gasteiger partial charge in [-0.25, -0.2) is 5.11 Å². The number of rotatable bonds is 7. The fraction of sp³-hybridized carbons (Fsp3) is 1.00. The first-order valence-electron chi connectivity index (χ1n) is 4.84. The highest BCUT2D eigenvalue weighted by atomic mass is 16.5. The van der Waals surface area contributed by atoms with Crippen LogP contribution in [0.15, 0.2) is 0 Å². The van der Waals surface area contributed by atoms with Crippen molar-refractivity contribution >= 4 is 0 Å². The molecule has 0 N–H and O–H groups in total. The molecule has 12 heavy (non-hydrogen) atoms. The van der Waals surface area contributed by atoms with E-state index < -0.39 is 5.60 Å². The molecular weight excluding hydrogens is 152 g/mol. The van der Waals surface area contributed by atoms with Crippen LogP contribution in [-0.4, -0.2) is 18.8 Å². The van der Waals surface area contributed by atoms with Gasteiger partial charge < -0.3 is 4.74 Å². The van der Waals surface area contributed by atoms with E-state index in [4.69, 9.17) is 4.74 Å². The molecule has 0 aliphatic heterocycles. The molecule has 0 aromatic heterocycles. The first-order chi connectivity index (χ1) is 5.62. The molecule has 0 aromatic carbocycles. The minimum atomic E-state index is -0.466. The van der Waals surface area contributed by atoms with Gasteiger partial charge in [0.25, 0.3) is 0 Å². The second kappa shape index (κ2) is 6.44. The van der Waals surface area contributed by atoms with Crippen LogP contribution < -0.4 is 0 Å². The summed E-state index contributed by atoms with van der Waals surface area (Å²) in [7, 11) is 0. The Labute approximate surface area is 75.9 Å². The number of hydrogen-bond donors (Lipinski definition) is 0. The average molecular weight is 173 g/mol. The highest BCUT2D eigenvalue weighted by Crippen LogP contribution is 2.09. The van der Waals surface area contributed by atoms with Crippen molar-refractivity contribution in [2.24, 2.45) is 0 Å². The summed E-state index contributed by atoms with van der Waals surface area (Å²) >= 11 is 0. The van der Waals surface area contributed by atoms with Crippen molar-refractivity contribution in [3.63, 3.8) is 0 Å². The third-order valence-electron chi connectivity index (χ3n) is 1.84. The molecule has 0 heterocycles. The molecule has 0 atom stereocenters. The van der Waals surface area contributed by atoms with Crippen LogP contribution in [0.25, 0.3) is 0 Å². The van der Waals surface area contributed by atoms with Gasteiger partial charge in [0.05, 0.1) is 5.60 Å². The molecule has 0 aliphatic carbocycles. The molecular formula is C10H21O2. The van der Waals surface area contributed by atoms with Crippen molar-refractivity contribution < 1.29 is 9.84 Å². The van der Waals surface area contributed by atoms with Gasteiger partial charge >= 0.3 is 0 Å². The predicted molar refractivity (Wildman–Crippen MR) is 49.7 cm³/mol. The summed E-state index contributed by atoms with van der Waals surface area (Å²) in [6, 6.07) is 0. The number of unbranched alkanes of at least 4 members (excludes halogenated alkanes) is 3. The van der Waals surface area contributed by atoms with E-state index in [1.807, 2.05) is 13.8 Å². The zero-order valence-electron chi connectivity index (χ0n) is 8.56. The Bertz CT molecular complexity index is 100. The number of ether oxygens (including phenoxy) is 1. The van der Waals surface area contributed by atoms with Crippen LogP contribution in [0.2, 0.25) is 0 Å². The van der Waals surface area contributed by atoms with Gasteiger partial charge in [0.15, 0.2) is 0 Å². The molecule has 0 spiro atoms. The molecule has 0 unspecified atom stereocenters. The topological polar surface area (TPSA) is 29.1 Å². The van der Waals surface area contributed by atoms with Crippen molar-refractivity contribution in [2.45, 2.75) is 52.1 Å². The van der Waals surface area contributed by atoms with Crippen molar-refractivity contribution in [1.29, 1.82) is 0 Å². The van der Waals surface area contributed by atoms with Crippen LogP contribution >= 0.6 is 0 Å². The molecule has 0 saturated heterocycles. The maximum absolute atomic E-state index is 10.5. The minimum Gasteiger partial charge on any atom is -0.373 e. The SMILES string of the molecule is CCCCCCOC(C)(C)C[O]. The summed E-state index contributed by atoms with van der Waals surface area (Å²) in [5.41, 5.74) is -0.466. The van der Waals surface area contributed by atoms with Crippen molar-refractivity contribution in [3.05, 3.63) is 0 Å². The van der Waals surface area contributed by atoms with E-state index in [2.05, 4.69) is 6.92 Å². The van der Waals surface area contributed by atoms with Gasteiger partial charge in [-0.2, -0.15) is 0 Å². The van der Waals surface area contributed by atoms with Crippen molar-refractivity contribution in [3.8, 4) is 0 Å². The van der Waals surface area contributed by atoms with Crippen molar-refractivity contribution in [1.82, 2.24) is 0 Å². The van der Waals surface area contributed by atoms with Crippen LogP contribution in [0.3, 0.4) is 0 Å². The van der Waals surface area contributed by atoms with Crippen LogP contribution in [0.5, 0.6) is 0 Å². The van der Waals surface area contributed by atoms with Gasteiger partial charge in [-0.1, -0.05) is 26.2 Å². The maximum Gasteiger partial charge on any atom is 0.111 e. The summed E-state index contributed by atoms with van der Waals surface area (Å²) in [5.74, 6) is 0. The van der Waals surface area contributed by atoms with Gasteiger partial charge in [0.2, 0.25) is 0 Å². The molecule has 0 rings (SSSR count). The second-order valence-corrected chi connectivity index (χ2v) is 3.81. The summed E-state index contributed by atoms with van der Waals surface area (Å²) in [6.45, 7) is 6.46. The molecule has 0 saturated carbocycles. The summed E-state index contributed by atoms with van der Waals surface area (Å²) in [6.07, 6.45) is 4.80. The lowest BCUT2D eigenvalue weighted by Crippen LogP contribution is -2.28. The molecule has 2 nitrogen and oxygen atoms in total.